The van der Waals surface area contributed by atoms with E-state index in [2.05, 4.69) is 199 Å². The lowest BCUT2D eigenvalue weighted by molar-refractivity contribution is 0.332. The van der Waals surface area contributed by atoms with Crippen LogP contribution in [-0.2, 0) is 27.1 Å². The molecule has 1 aromatic heterocycles. The molecule has 0 N–H and O–H groups in total. The van der Waals surface area contributed by atoms with Gasteiger partial charge in [0.25, 0.3) is 6.71 Å². The summed E-state index contributed by atoms with van der Waals surface area (Å²) < 4.78 is 7.47. The van der Waals surface area contributed by atoms with Gasteiger partial charge < -0.3 is 14.2 Å². The fraction of sp³-hybridized carbons (Fsp3) is 0.407. The molecule has 2 aliphatic heterocycles. The third-order valence-corrected chi connectivity index (χ3v) is 13.9. The standard InChI is InChI=1S/C54H63BN2O/c1-32-26-44-47-45(27-32)57(42-22-18-35(28-33(42)2)51(6,7)8)43-23-19-36(52(9,10)11)29-41(43)55(47)49-48(56(44)37-20-16-34(17-21-37)50(3,4)5)38-30-39-40(31-46(38)58-49)54(14,15)25-24-53(39,12)13/h16-23,26-31H,24-25H2,1-15H3. The predicted molar refractivity (Wildman–Crippen MR) is 251 cm³/mol. The van der Waals surface area contributed by atoms with Crippen molar-refractivity contribution in [2.45, 2.75) is 144 Å². The highest BCUT2D eigenvalue weighted by Crippen LogP contribution is 2.52. The summed E-state index contributed by atoms with van der Waals surface area (Å²) in [6.07, 6.45) is 2.33. The molecule has 0 amide bonds. The van der Waals surface area contributed by atoms with Crippen molar-refractivity contribution in [2.75, 3.05) is 9.80 Å². The smallest absolute Gasteiger partial charge is 0.297 e. The van der Waals surface area contributed by atoms with Gasteiger partial charge in [0.05, 0.1) is 11.3 Å². The van der Waals surface area contributed by atoms with Crippen LogP contribution in [0.4, 0.5) is 34.1 Å². The van der Waals surface area contributed by atoms with Crippen LogP contribution in [0.3, 0.4) is 0 Å². The minimum absolute atomic E-state index is 0.0249. The molecule has 5 aromatic carbocycles. The van der Waals surface area contributed by atoms with E-state index < -0.39 is 0 Å². The van der Waals surface area contributed by atoms with Crippen LogP contribution in [0.25, 0.3) is 11.0 Å². The van der Waals surface area contributed by atoms with E-state index >= 15 is 0 Å². The van der Waals surface area contributed by atoms with E-state index in [4.69, 9.17) is 4.42 Å². The number of anilines is 6. The van der Waals surface area contributed by atoms with Gasteiger partial charge in [-0.1, -0.05) is 126 Å². The Labute approximate surface area is 348 Å². The van der Waals surface area contributed by atoms with Crippen molar-refractivity contribution < 1.29 is 4.42 Å². The van der Waals surface area contributed by atoms with Crippen molar-refractivity contribution in [3.63, 3.8) is 0 Å². The molecule has 4 heteroatoms. The Morgan fingerprint density at radius 2 is 1.07 bits per heavy atom. The topological polar surface area (TPSA) is 19.6 Å². The second-order valence-corrected chi connectivity index (χ2v) is 22.4. The van der Waals surface area contributed by atoms with E-state index in [1.54, 1.807) is 0 Å². The van der Waals surface area contributed by atoms with Crippen LogP contribution in [0.15, 0.2) is 89.3 Å². The summed E-state index contributed by atoms with van der Waals surface area (Å²) in [5.74, 6) is 0. The second-order valence-electron chi connectivity index (χ2n) is 22.4. The van der Waals surface area contributed by atoms with Crippen molar-refractivity contribution in [1.29, 1.82) is 0 Å². The molecule has 0 radical (unpaired) electrons. The Hall–Kier alpha value is -4.70. The molecule has 0 spiro atoms. The zero-order valence-corrected chi connectivity index (χ0v) is 37.9. The van der Waals surface area contributed by atoms with E-state index in [9.17, 15) is 0 Å². The van der Waals surface area contributed by atoms with Crippen LogP contribution < -0.4 is 26.4 Å². The Morgan fingerprint density at radius 3 is 1.64 bits per heavy atom. The van der Waals surface area contributed by atoms with E-state index in [0.717, 1.165) is 23.4 Å². The molecule has 3 nitrogen and oxygen atoms in total. The van der Waals surface area contributed by atoms with Gasteiger partial charge in [-0.05, 0) is 152 Å². The Balaban J connectivity index is 1.40. The van der Waals surface area contributed by atoms with Crippen molar-refractivity contribution in [2.24, 2.45) is 0 Å². The summed E-state index contributed by atoms with van der Waals surface area (Å²) in [7, 11) is 0. The van der Waals surface area contributed by atoms with Gasteiger partial charge in [0, 0.05) is 33.8 Å². The maximum atomic E-state index is 7.47. The molecule has 3 aliphatic rings. The number of hydrogen-bond acceptors (Lipinski definition) is 3. The quantitative estimate of drug-likeness (QED) is 0.163. The fourth-order valence-electron chi connectivity index (χ4n) is 10.2. The molecule has 0 bridgehead atoms. The number of hydrogen-bond donors (Lipinski definition) is 0. The van der Waals surface area contributed by atoms with Gasteiger partial charge >= 0.3 is 0 Å². The maximum Gasteiger partial charge on any atom is 0.297 e. The molecular weight excluding hydrogens is 703 g/mol. The first-order chi connectivity index (χ1) is 27.0. The number of benzene rings is 5. The molecule has 6 aromatic rings. The number of fused-ring (bicyclic) bond motifs is 7. The third-order valence-electron chi connectivity index (χ3n) is 13.9. The van der Waals surface area contributed by atoms with Crippen molar-refractivity contribution in [3.8, 4) is 0 Å². The van der Waals surface area contributed by atoms with Crippen molar-refractivity contribution in [3.05, 3.63) is 124 Å². The minimum atomic E-state index is -0.0844. The molecule has 58 heavy (non-hydrogen) atoms. The van der Waals surface area contributed by atoms with Crippen LogP contribution >= 0.6 is 0 Å². The lowest BCUT2D eigenvalue weighted by Crippen LogP contribution is -2.61. The van der Waals surface area contributed by atoms with Crippen LogP contribution in [0.2, 0.25) is 0 Å². The van der Waals surface area contributed by atoms with Gasteiger partial charge in [0.15, 0.2) is 0 Å². The van der Waals surface area contributed by atoms with Crippen LogP contribution in [0, 0.1) is 13.8 Å². The number of rotatable bonds is 2. The van der Waals surface area contributed by atoms with Crippen LogP contribution in [0.5, 0.6) is 0 Å². The summed E-state index contributed by atoms with van der Waals surface area (Å²) in [4.78, 5) is 5.11. The van der Waals surface area contributed by atoms with Gasteiger partial charge in [-0.2, -0.15) is 0 Å². The average molecular weight is 767 g/mol. The van der Waals surface area contributed by atoms with Gasteiger partial charge in [-0.3, -0.25) is 0 Å². The molecule has 3 heterocycles. The molecule has 0 saturated heterocycles. The zero-order valence-electron chi connectivity index (χ0n) is 37.9. The minimum Gasteiger partial charge on any atom is -0.468 e. The van der Waals surface area contributed by atoms with Gasteiger partial charge in [-0.25, -0.2) is 0 Å². The summed E-state index contributed by atoms with van der Waals surface area (Å²) in [6, 6.07) is 33.5. The molecule has 298 valence electrons. The van der Waals surface area contributed by atoms with Gasteiger partial charge in [0.2, 0.25) is 0 Å². The molecule has 0 unspecified atom stereocenters. The first-order valence-corrected chi connectivity index (χ1v) is 21.7. The van der Waals surface area contributed by atoms with Gasteiger partial charge in [-0.15, -0.1) is 0 Å². The van der Waals surface area contributed by atoms with Gasteiger partial charge in [0.1, 0.15) is 5.58 Å². The van der Waals surface area contributed by atoms with Crippen molar-refractivity contribution >= 4 is 68.4 Å². The molecule has 9 rings (SSSR count). The fourth-order valence-corrected chi connectivity index (χ4v) is 10.2. The molecule has 0 saturated carbocycles. The number of aryl methyl sites for hydroxylation is 2. The van der Waals surface area contributed by atoms with E-state index in [0.29, 0.717) is 0 Å². The lowest BCUT2D eigenvalue weighted by atomic mass is 9.35. The van der Waals surface area contributed by atoms with Crippen molar-refractivity contribution in [1.82, 2.24) is 0 Å². The number of nitrogens with zero attached hydrogens (tertiary/aromatic N) is 2. The Kier molecular flexibility index (Phi) is 8.31. The van der Waals surface area contributed by atoms with Crippen LogP contribution in [0.1, 0.15) is 142 Å². The highest BCUT2D eigenvalue weighted by molar-refractivity contribution is 7.00. The molecule has 0 fully saturated rings. The Morgan fingerprint density at radius 1 is 0.552 bits per heavy atom. The molecule has 0 atom stereocenters. The highest BCUT2D eigenvalue weighted by atomic mass is 16.3. The maximum absolute atomic E-state index is 7.47. The van der Waals surface area contributed by atoms with E-state index in [1.165, 1.54) is 90.1 Å². The predicted octanol–water partition coefficient (Wildman–Crippen LogP) is 13.4. The molecular formula is C54H63BN2O. The summed E-state index contributed by atoms with van der Waals surface area (Å²) in [5.41, 5.74) is 21.5. The largest absolute Gasteiger partial charge is 0.468 e. The summed E-state index contributed by atoms with van der Waals surface area (Å²) in [5, 5.41) is 1.21. The second kappa shape index (κ2) is 12.4. The normalized spacial score (nSPS) is 16.9. The lowest BCUT2D eigenvalue weighted by Gasteiger charge is -2.43. The first-order valence-electron chi connectivity index (χ1n) is 21.7. The highest BCUT2D eigenvalue weighted by Gasteiger charge is 2.48. The average Bonchev–Trinajstić information content (AvgIpc) is 3.50. The third kappa shape index (κ3) is 5.90. The van der Waals surface area contributed by atoms with E-state index in [-0.39, 0.29) is 33.8 Å². The summed E-state index contributed by atoms with van der Waals surface area (Å²) in [6.45, 7) is 35.0. The molecule has 1 aliphatic carbocycles. The van der Waals surface area contributed by atoms with Crippen LogP contribution in [-0.4, -0.2) is 6.71 Å². The number of furan rings is 1. The summed E-state index contributed by atoms with van der Waals surface area (Å²) >= 11 is 0. The zero-order chi connectivity index (χ0) is 41.6. The SMILES string of the molecule is Cc1cc2c3c(c1)N(c1ccc(C(C)(C)C)cc1)c1c(oc4cc5c(cc14)C(C)(C)CCC5(C)C)B3c1cc(C(C)(C)C)ccc1N2c1ccc(C(C)(C)C)cc1C. The Bertz CT molecular complexity index is 2650. The van der Waals surface area contributed by atoms with E-state index in [1.807, 2.05) is 0 Å². The first kappa shape index (κ1) is 38.8. The monoisotopic (exact) mass is 767 g/mol.